The molecule has 0 radical (unpaired) electrons. The number of aromatic nitrogens is 3. The normalized spacial score (nSPS) is 13.0. The molecule has 4 heteroatoms. The predicted octanol–water partition coefficient (Wildman–Crippen LogP) is 8.89. The zero-order valence-corrected chi connectivity index (χ0v) is 22.2. The molecule has 184 valence electrons. The van der Waals surface area contributed by atoms with Gasteiger partial charge in [0.15, 0.2) is 5.58 Å². The molecule has 0 aliphatic heterocycles. The van der Waals surface area contributed by atoms with Crippen molar-refractivity contribution in [3.8, 4) is 28.2 Å². The van der Waals surface area contributed by atoms with Crippen LogP contribution in [-0.2, 0) is 5.41 Å². The number of imidazole rings is 1. The largest absolute Gasteiger partial charge is 0.439 e. The maximum Gasteiger partial charge on any atom is 0.200 e. The van der Waals surface area contributed by atoms with Crippen LogP contribution in [0.25, 0.3) is 39.3 Å². The van der Waals surface area contributed by atoms with Crippen molar-refractivity contribution in [2.24, 2.45) is 0 Å². The van der Waals surface area contributed by atoms with Gasteiger partial charge in [-0.2, -0.15) is 0 Å². The first-order valence-electron chi connectivity index (χ1n) is 13.7. The zero-order chi connectivity index (χ0) is 27.4. The lowest BCUT2D eigenvalue weighted by molar-refractivity contribution is 0.411. The minimum atomic E-state index is -0.254. The van der Waals surface area contributed by atoms with Crippen molar-refractivity contribution in [2.45, 2.75) is 65.7 Å². The van der Waals surface area contributed by atoms with Crippen LogP contribution < -0.4 is 0 Å². The quantitative estimate of drug-likeness (QED) is 0.253. The molecule has 0 aliphatic carbocycles. The number of oxazole rings is 1. The van der Waals surface area contributed by atoms with Crippen LogP contribution in [0.2, 0.25) is 0 Å². The summed E-state index contributed by atoms with van der Waals surface area (Å²) in [5.41, 5.74) is 7.30. The summed E-state index contributed by atoms with van der Waals surface area (Å²) in [5, 5.41) is 0. The van der Waals surface area contributed by atoms with E-state index < -0.39 is 0 Å². The Morgan fingerprint density at radius 1 is 0.861 bits per heavy atom. The van der Waals surface area contributed by atoms with Crippen molar-refractivity contribution in [1.82, 2.24) is 14.5 Å². The second-order valence-electron chi connectivity index (χ2n) is 11.1. The van der Waals surface area contributed by atoms with E-state index in [9.17, 15) is 0 Å². The van der Waals surface area contributed by atoms with Crippen molar-refractivity contribution in [3.05, 3.63) is 90.0 Å². The third-order valence-corrected chi connectivity index (χ3v) is 6.58. The van der Waals surface area contributed by atoms with Crippen molar-refractivity contribution < 1.29 is 7.16 Å². The zero-order valence-electron chi connectivity index (χ0n) is 24.2. The van der Waals surface area contributed by atoms with E-state index in [1.54, 1.807) is 0 Å². The van der Waals surface area contributed by atoms with E-state index >= 15 is 0 Å². The maximum absolute atomic E-state index is 8.98. The summed E-state index contributed by atoms with van der Waals surface area (Å²) < 4.78 is 25.7. The minimum Gasteiger partial charge on any atom is -0.439 e. The van der Waals surface area contributed by atoms with Gasteiger partial charge in [0.1, 0.15) is 11.3 Å². The van der Waals surface area contributed by atoms with Crippen molar-refractivity contribution in [2.75, 3.05) is 0 Å². The molecule has 5 aromatic rings. The molecule has 0 N–H and O–H groups in total. The summed E-state index contributed by atoms with van der Waals surface area (Å²) in [6.45, 7) is 14.9. The monoisotopic (exact) mass is 479 g/mol. The molecule has 0 saturated carbocycles. The molecular formula is C32H35N3O. The summed E-state index contributed by atoms with van der Waals surface area (Å²) in [4.78, 5) is 9.36. The van der Waals surface area contributed by atoms with Crippen LogP contribution in [0.15, 0.2) is 77.4 Å². The second kappa shape index (κ2) is 9.09. The average molecular weight is 480 g/mol. The Bertz CT molecular complexity index is 1590. The van der Waals surface area contributed by atoms with Gasteiger partial charge in [0.2, 0.25) is 5.89 Å². The Labute approximate surface area is 216 Å². The van der Waals surface area contributed by atoms with Crippen molar-refractivity contribution >= 4 is 11.1 Å². The fourth-order valence-corrected chi connectivity index (χ4v) is 4.64. The maximum atomic E-state index is 8.98. The molecule has 0 spiro atoms. The standard InChI is InChI=1S/C32H35N3O/c1-20(2)25-18-23(22-12-9-8-10-13-22)19-26(21(3)4)28(25)35-17-16-33-30(35)24-14-11-15-27-29(24)36-31(34-27)32(5,6)7/h8-21H,1-7H3/i16D,17D. The summed E-state index contributed by atoms with van der Waals surface area (Å²) in [6.07, 6.45) is -0.00654. The van der Waals surface area contributed by atoms with E-state index in [0.717, 1.165) is 39.0 Å². The van der Waals surface area contributed by atoms with E-state index in [-0.39, 0.29) is 29.6 Å². The third kappa shape index (κ3) is 4.26. The van der Waals surface area contributed by atoms with Crippen LogP contribution in [-0.4, -0.2) is 14.5 Å². The molecular weight excluding hydrogens is 442 g/mol. The molecule has 0 atom stereocenters. The molecule has 0 unspecified atom stereocenters. The molecule has 5 rings (SSSR count). The van der Waals surface area contributed by atoms with Crippen LogP contribution >= 0.6 is 0 Å². The molecule has 0 fully saturated rings. The SMILES string of the molecule is [2H]c1nc(-c2cccc3nc(C(C)(C)C)oc23)n(-c2c(C(C)C)cc(-c3ccccc3)cc2C(C)C)c1[2H]. The highest BCUT2D eigenvalue weighted by Gasteiger charge is 2.25. The summed E-state index contributed by atoms with van der Waals surface area (Å²) in [5.74, 6) is 1.54. The van der Waals surface area contributed by atoms with E-state index in [2.05, 4.69) is 89.8 Å². The summed E-state index contributed by atoms with van der Waals surface area (Å²) in [7, 11) is 0. The first kappa shape index (κ1) is 21.6. The van der Waals surface area contributed by atoms with Crippen LogP contribution in [0.4, 0.5) is 0 Å². The number of fused-ring (bicyclic) bond motifs is 1. The van der Waals surface area contributed by atoms with Crippen LogP contribution in [0, 0.1) is 0 Å². The van der Waals surface area contributed by atoms with Gasteiger partial charge in [-0.15, -0.1) is 0 Å². The molecule has 4 nitrogen and oxygen atoms in total. The summed E-state index contributed by atoms with van der Waals surface area (Å²) >= 11 is 0. The van der Waals surface area contributed by atoms with Gasteiger partial charge in [-0.1, -0.05) is 84.9 Å². The van der Waals surface area contributed by atoms with Gasteiger partial charge in [0.05, 0.1) is 14.0 Å². The smallest absolute Gasteiger partial charge is 0.200 e. The van der Waals surface area contributed by atoms with Gasteiger partial charge in [-0.05, 0) is 58.4 Å². The van der Waals surface area contributed by atoms with Gasteiger partial charge in [-0.3, -0.25) is 4.57 Å². The molecule has 0 aliphatic rings. The molecule has 36 heavy (non-hydrogen) atoms. The lowest BCUT2D eigenvalue weighted by Gasteiger charge is -2.23. The van der Waals surface area contributed by atoms with Gasteiger partial charge in [0, 0.05) is 17.8 Å². The average Bonchev–Trinajstić information content (AvgIpc) is 3.45. The van der Waals surface area contributed by atoms with Crippen LogP contribution in [0.1, 0.15) is 80.1 Å². The Kier molecular flexibility index (Phi) is 5.46. The number of nitrogens with zero attached hydrogens (tertiary/aromatic N) is 3. The van der Waals surface area contributed by atoms with Crippen molar-refractivity contribution in [1.29, 1.82) is 0 Å². The Balaban J connectivity index is 1.84. The number of hydrogen-bond donors (Lipinski definition) is 0. The lowest BCUT2D eigenvalue weighted by atomic mass is 9.88. The molecule has 0 saturated heterocycles. The topological polar surface area (TPSA) is 43.9 Å². The number of para-hydroxylation sites is 1. The van der Waals surface area contributed by atoms with Crippen LogP contribution in [0.3, 0.4) is 0 Å². The third-order valence-electron chi connectivity index (χ3n) is 6.58. The molecule has 0 bridgehead atoms. The predicted molar refractivity (Wildman–Crippen MR) is 149 cm³/mol. The fourth-order valence-electron chi connectivity index (χ4n) is 4.64. The Morgan fingerprint density at radius 2 is 1.53 bits per heavy atom. The Morgan fingerprint density at radius 3 is 2.14 bits per heavy atom. The highest BCUT2D eigenvalue weighted by molar-refractivity contribution is 5.89. The number of benzene rings is 3. The van der Waals surface area contributed by atoms with E-state index in [1.165, 1.54) is 0 Å². The minimum absolute atomic E-state index is 0.0591. The summed E-state index contributed by atoms with van der Waals surface area (Å²) in [6, 6.07) is 20.6. The Hall–Kier alpha value is -3.66. The highest BCUT2D eigenvalue weighted by Crippen LogP contribution is 2.39. The van der Waals surface area contributed by atoms with Crippen LogP contribution in [0.5, 0.6) is 0 Å². The van der Waals surface area contributed by atoms with Gasteiger partial charge >= 0.3 is 0 Å². The first-order valence-corrected chi connectivity index (χ1v) is 12.7. The number of hydrogen-bond acceptors (Lipinski definition) is 3. The van der Waals surface area contributed by atoms with Gasteiger partial charge in [-0.25, -0.2) is 9.97 Å². The first-order chi connectivity index (χ1) is 18.0. The lowest BCUT2D eigenvalue weighted by Crippen LogP contribution is -2.10. The van der Waals surface area contributed by atoms with Gasteiger partial charge in [0.25, 0.3) is 0 Å². The van der Waals surface area contributed by atoms with E-state index in [4.69, 9.17) is 12.1 Å². The van der Waals surface area contributed by atoms with Gasteiger partial charge < -0.3 is 4.42 Å². The fraction of sp³-hybridized carbons (Fsp3) is 0.312. The molecule has 3 aromatic carbocycles. The molecule has 0 amide bonds. The number of rotatable bonds is 5. The molecule has 2 heterocycles. The second-order valence-corrected chi connectivity index (χ2v) is 11.1. The van der Waals surface area contributed by atoms with E-state index in [1.807, 2.05) is 28.8 Å². The van der Waals surface area contributed by atoms with E-state index in [0.29, 0.717) is 17.3 Å². The van der Waals surface area contributed by atoms with Crippen molar-refractivity contribution in [3.63, 3.8) is 0 Å². The highest BCUT2D eigenvalue weighted by atomic mass is 16.3. The molecule has 2 aromatic heterocycles.